The fourth-order valence-corrected chi connectivity index (χ4v) is 5.39. The smallest absolute Gasteiger partial charge is 0.254 e. The monoisotopic (exact) mass is 515 g/mol. The molecule has 2 aromatic carbocycles. The van der Waals surface area contributed by atoms with Crippen molar-refractivity contribution in [2.24, 2.45) is 0 Å². The Morgan fingerprint density at radius 2 is 1.79 bits per heavy atom. The second-order valence-electron chi connectivity index (χ2n) is 10.1. The lowest BCUT2D eigenvalue weighted by Gasteiger charge is -2.14. The van der Waals surface area contributed by atoms with E-state index >= 15 is 0 Å². The Morgan fingerprint density at radius 3 is 2.59 bits per heavy atom. The zero-order valence-electron chi connectivity index (χ0n) is 21.8. The molecule has 0 unspecified atom stereocenters. The topological polar surface area (TPSA) is 71.3 Å². The molecule has 194 valence electrons. The largest absolute Gasteiger partial charge is 0.337 e. The highest BCUT2D eigenvalue weighted by Gasteiger charge is 2.28. The van der Waals surface area contributed by atoms with Gasteiger partial charge in [-0.2, -0.15) is 5.10 Å². The van der Waals surface area contributed by atoms with E-state index < -0.39 is 0 Å². The summed E-state index contributed by atoms with van der Waals surface area (Å²) in [6.07, 6.45) is 12.1. The molecule has 4 aromatic rings. The van der Waals surface area contributed by atoms with Crippen LogP contribution in [0.3, 0.4) is 0 Å². The van der Waals surface area contributed by atoms with E-state index in [1.54, 1.807) is 17.3 Å². The highest BCUT2D eigenvalue weighted by atomic mass is 16.2. The maximum absolute atomic E-state index is 12.2. The zero-order chi connectivity index (χ0) is 26.9. The van der Waals surface area contributed by atoms with Crippen molar-refractivity contribution in [1.29, 1.82) is 0 Å². The molecule has 2 aliphatic heterocycles. The van der Waals surface area contributed by atoms with Gasteiger partial charge in [-0.15, -0.1) is 0 Å². The Labute approximate surface area is 227 Å². The Hall–Kier alpha value is -4.78. The summed E-state index contributed by atoms with van der Waals surface area (Å²) in [5.74, 6) is 0.0380. The van der Waals surface area contributed by atoms with Crippen molar-refractivity contribution >= 4 is 24.0 Å². The van der Waals surface area contributed by atoms with Crippen molar-refractivity contribution < 1.29 is 9.59 Å². The lowest BCUT2D eigenvalue weighted by atomic mass is 10.0. The van der Waals surface area contributed by atoms with Gasteiger partial charge in [0.15, 0.2) is 0 Å². The van der Waals surface area contributed by atoms with Gasteiger partial charge in [-0.1, -0.05) is 43.0 Å². The molecule has 1 fully saturated rings. The molecular formula is C32H29N5O2. The number of carbonyl (C=O) groups is 2. The number of carbonyl (C=O) groups excluding carboxylic acids is 2. The molecule has 0 saturated carbocycles. The van der Waals surface area contributed by atoms with Crippen LogP contribution in [0.2, 0.25) is 0 Å². The van der Waals surface area contributed by atoms with Crippen LogP contribution in [-0.2, 0) is 11.3 Å². The van der Waals surface area contributed by atoms with Crippen LogP contribution in [0.25, 0.3) is 34.5 Å². The highest BCUT2D eigenvalue weighted by Crippen LogP contribution is 2.34. The summed E-state index contributed by atoms with van der Waals surface area (Å²) in [6, 6.07) is 18.4. The van der Waals surface area contributed by atoms with Gasteiger partial charge in [0.2, 0.25) is 5.91 Å². The van der Waals surface area contributed by atoms with E-state index in [0.717, 1.165) is 51.1 Å². The number of fused-ring (bicyclic) bond motifs is 1. The molecule has 0 N–H and O–H groups in total. The van der Waals surface area contributed by atoms with Crippen LogP contribution in [0.5, 0.6) is 0 Å². The number of benzene rings is 2. The van der Waals surface area contributed by atoms with E-state index in [1.807, 2.05) is 47.0 Å². The number of aromatic nitrogens is 3. The van der Waals surface area contributed by atoms with Crippen molar-refractivity contribution in [2.45, 2.75) is 19.0 Å². The van der Waals surface area contributed by atoms with Gasteiger partial charge in [-0.25, -0.2) is 0 Å². The van der Waals surface area contributed by atoms with Crippen LogP contribution < -0.4 is 0 Å². The molecule has 7 nitrogen and oxygen atoms in total. The zero-order valence-corrected chi connectivity index (χ0v) is 21.8. The Kier molecular flexibility index (Phi) is 6.40. The number of hydrogen-bond acceptors (Lipinski definition) is 4. The fourth-order valence-electron chi connectivity index (χ4n) is 5.39. The molecule has 0 spiro atoms. The summed E-state index contributed by atoms with van der Waals surface area (Å²) >= 11 is 0. The van der Waals surface area contributed by atoms with Crippen LogP contribution in [0.1, 0.15) is 39.5 Å². The Morgan fingerprint density at radius 1 is 1.00 bits per heavy atom. The quantitative estimate of drug-likeness (QED) is 0.257. The minimum atomic E-state index is -0.0410. The predicted molar refractivity (Wildman–Crippen MR) is 152 cm³/mol. The lowest BCUT2D eigenvalue weighted by Crippen LogP contribution is -2.27. The average Bonchev–Trinajstić information content (AvgIpc) is 3.70. The molecule has 39 heavy (non-hydrogen) atoms. The number of likely N-dealkylation sites (tertiary alicyclic amines) is 1. The molecule has 0 aliphatic carbocycles. The molecule has 6 rings (SSSR count). The summed E-state index contributed by atoms with van der Waals surface area (Å²) in [4.78, 5) is 32.1. The number of nitrogens with zero attached hydrogens (tertiary/aromatic N) is 5. The van der Waals surface area contributed by atoms with E-state index in [-0.39, 0.29) is 17.9 Å². The number of pyridine rings is 1. The van der Waals surface area contributed by atoms with Crippen LogP contribution >= 0.6 is 0 Å². The van der Waals surface area contributed by atoms with Crippen LogP contribution in [-0.4, -0.2) is 56.5 Å². The number of amides is 2. The minimum Gasteiger partial charge on any atom is -0.337 e. The van der Waals surface area contributed by atoms with Gasteiger partial charge in [-0.3, -0.25) is 19.3 Å². The summed E-state index contributed by atoms with van der Waals surface area (Å²) < 4.78 is 2.01. The first-order chi connectivity index (χ1) is 19.0. The maximum atomic E-state index is 12.2. The van der Waals surface area contributed by atoms with Gasteiger partial charge in [-0.05, 0) is 65.1 Å². The summed E-state index contributed by atoms with van der Waals surface area (Å²) in [6.45, 7) is 5.58. The Bertz CT molecular complexity index is 1600. The lowest BCUT2D eigenvalue weighted by molar-refractivity contribution is -0.125. The van der Waals surface area contributed by atoms with Crippen LogP contribution in [0.15, 0.2) is 85.8 Å². The number of rotatable bonds is 6. The van der Waals surface area contributed by atoms with E-state index in [9.17, 15) is 9.59 Å². The van der Waals surface area contributed by atoms with Gasteiger partial charge in [0.1, 0.15) is 5.69 Å². The first-order valence-electron chi connectivity index (χ1n) is 13.1. The summed E-state index contributed by atoms with van der Waals surface area (Å²) in [5, 5.41) is 5.04. The van der Waals surface area contributed by atoms with Gasteiger partial charge in [0, 0.05) is 62.0 Å². The first-order valence-corrected chi connectivity index (χ1v) is 13.1. The van der Waals surface area contributed by atoms with Gasteiger partial charge in [0.25, 0.3) is 5.91 Å². The second kappa shape index (κ2) is 10.2. The van der Waals surface area contributed by atoms with Crippen molar-refractivity contribution in [3.63, 3.8) is 0 Å². The fraction of sp³-hybridized carbons (Fsp3) is 0.188. The molecule has 1 saturated heterocycles. The predicted octanol–water partition coefficient (Wildman–Crippen LogP) is 5.33. The standard InChI is InChI=1S/C32H29N5O2/c1-3-30(38)36-16-13-27(20-36)37-21-29(24-11-14-33-15-12-24)31(34-37)25-6-4-5-22(17-25)7-8-23-9-10-28-26(18-23)19-35(2)32(28)39/h3-12,14-15,17-18,21,27H,1,13,16,19-20H2,2H3/b8-7+/t27-/m0/s1. The van der Waals surface area contributed by atoms with E-state index in [1.165, 1.54) is 6.08 Å². The molecule has 2 aliphatic rings. The molecule has 0 bridgehead atoms. The molecular weight excluding hydrogens is 486 g/mol. The van der Waals surface area contributed by atoms with Crippen LogP contribution in [0, 0.1) is 0 Å². The Balaban J connectivity index is 1.31. The highest BCUT2D eigenvalue weighted by molar-refractivity contribution is 5.98. The third kappa shape index (κ3) is 4.79. The van der Waals surface area contributed by atoms with Gasteiger partial charge >= 0.3 is 0 Å². The van der Waals surface area contributed by atoms with Crippen molar-refractivity contribution in [3.8, 4) is 22.4 Å². The van der Waals surface area contributed by atoms with Crippen molar-refractivity contribution in [1.82, 2.24) is 24.6 Å². The van der Waals surface area contributed by atoms with Gasteiger partial charge in [0.05, 0.1) is 6.04 Å². The third-order valence-corrected chi connectivity index (χ3v) is 7.49. The summed E-state index contributed by atoms with van der Waals surface area (Å²) in [7, 11) is 1.83. The van der Waals surface area contributed by atoms with Crippen molar-refractivity contribution in [3.05, 3.63) is 108 Å². The maximum Gasteiger partial charge on any atom is 0.254 e. The molecule has 4 heterocycles. The molecule has 2 amide bonds. The SMILES string of the molecule is C=CC(=O)N1CC[C@H](n2cc(-c3ccncc3)c(-c3cccc(/C=C/c4ccc5c(c4)CN(C)C5=O)c3)n2)C1. The van der Waals surface area contributed by atoms with E-state index in [4.69, 9.17) is 5.10 Å². The first kappa shape index (κ1) is 24.6. The minimum absolute atomic E-state index is 0.0410. The molecule has 7 heteroatoms. The molecule has 2 aromatic heterocycles. The van der Waals surface area contributed by atoms with Crippen molar-refractivity contribution in [2.75, 3.05) is 20.1 Å². The van der Waals surface area contributed by atoms with E-state index in [0.29, 0.717) is 19.6 Å². The normalized spacial score (nSPS) is 16.7. The summed E-state index contributed by atoms with van der Waals surface area (Å²) in [5.41, 5.74) is 7.94. The second-order valence-corrected chi connectivity index (χ2v) is 10.1. The molecule has 1 atom stereocenters. The average molecular weight is 516 g/mol. The third-order valence-electron chi connectivity index (χ3n) is 7.49. The van der Waals surface area contributed by atoms with Crippen LogP contribution in [0.4, 0.5) is 0 Å². The van der Waals surface area contributed by atoms with Gasteiger partial charge < -0.3 is 9.80 Å². The molecule has 0 radical (unpaired) electrons. The number of hydrogen-bond donors (Lipinski definition) is 0. The van der Waals surface area contributed by atoms with E-state index in [2.05, 4.69) is 54.2 Å².